The molecule has 0 spiro atoms. The molecular weight excluding hydrogens is 218 g/mol. The highest BCUT2D eigenvalue weighted by atomic mass is 14.7. The van der Waals surface area contributed by atoms with E-state index in [0.29, 0.717) is 0 Å². The van der Waals surface area contributed by atoms with Gasteiger partial charge in [-0.15, -0.1) is 71.8 Å². The van der Waals surface area contributed by atoms with Gasteiger partial charge in [-0.1, -0.05) is 18.2 Å². The molecule has 0 N–H and O–H groups in total. The Balaban J connectivity index is 2.05. The van der Waals surface area contributed by atoms with Crippen LogP contribution < -0.4 is 0 Å². The van der Waals surface area contributed by atoms with Crippen molar-refractivity contribution in [3.8, 4) is 22.5 Å². The van der Waals surface area contributed by atoms with Crippen molar-refractivity contribution in [3.63, 3.8) is 0 Å². The molecule has 0 fully saturated rings. The van der Waals surface area contributed by atoms with Crippen LogP contribution in [0.5, 0.6) is 0 Å². The van der Waals surface area contributed by atoms with Crippen LogP contribution in [0.25, 0.3) is 22.5 Å². The van der Waals surface area contributed by atoms with Gasteiger partial charge in [0, 0.05) is 0 Å². The van der Waals surface area contributed by atoms with E-state index in [0.717, 1.165) is 22.5 Å². The number of nitrogens with zero attached hydrogens (tertiary/aromatic N) is 1. The molecule has 0 aliphatic carbocycles. The third-order valence-electron chi connectivity index (χ3n) is 2.72. The molecule has 1 aromatic heterocycles. The van der Waals surface area contributed by atoms with E-state index in [2.05, 4.69) is 17.1 Å². The van der Waals surface area contributed by atoms with E-state index in [1.165, 1.54) is 0 Å². The van der Waals surface area contributed by atoms with Crippen LogP contribution in [0.4, 0.5) is 0 Å². The molecule has 0 aliphatic rings. The zero-order chi connectivity index (χ0) is 12.2. The summed E-state index contributed by atoms with van der Waals surface area (Å²) in [6.07, 6.45) is 0. The number of aromatic nitrogens is 1. The number of benzene rings is 2. The molecule has 2 aromatic carbocycles. The van der Waals surface area contributed by atoms with Crippen LogP contribution in [-0.2, 0) is 0 Å². The van der Waals surface area contributed by atoms with Crippen molar-refractivity contribution in [3.05, 3.63) is 78.9 Å². The van der Waals surface area contributed by atoms with Gasteiger partial charge in [-0.05, 0) is 11.4 Å². The summed E-state index contributed by atoms with van der Waals surface area (Å²) in [5, 5.41) is 0. The Morgan fingerprint density at radius 1 is 0.611 bits per heavy atom. The molecule has 0 saturated carbocycles. The fraction of sp³-hybridized carbons (Fsp3) is 0. The lowest BCUT2D eigenvalue weighted by molar-refractivity contribution is 1.32. The second-order valence-electron chi connectivity index (χ2n) is 3.96. The van der Waals surface area contributed by atoms with Crippen molar-refractivity contribution in [1.82, 2.24) is 4.98 Å². The summed E-state index contributed by atoms with van der Waals surface area (Å²) >= 11 is 0. The maximum absolute atomic E-state index is 4.65. The SMILES string of the molecule is [c-]1ccccc1-c1cccc(-c2[c-]cccc2)n1. The minimum atomic E-state index is 0.936. The summed E-state index contributed by atoms with van der Waals surface area (Å²) in [6, 6.07) is 28.1. The topological polar surface area (TPSA) is 12.9 Å². The first kappa shape index (κ1) is 10.7. The highest BCUT2D eigenvalue weighted by Gasteiger charge is 1.92. The Kier molecular flexibility index (Phi) is 2.89. The summed E-state index contributed by atoms with van der Waals surface area (Å²) in [4.78, 5) is 4.65. The molecule has 0 aliphatic heterocycles. The van der Waals surface area contributed by atoms with E-state index < -0.39 is 0 Å². The molecular formula is C17H11N-2. The van der Waals surface area contributed by atoms with Gasteiger partial charge in [0.15, 0.2) is 0 Å². The monoisotopic (exact) mass is 229 g/mol. The second kappa shape index (κ2) is 4.84. The maximum atomic E-state index is 4.65. The maximum Gasteiger partial charge on any atom is -0.0227 e. The number of pyridine rings is 1. The normalized spacial score (nSPS) is 10.2. The predicted molar refractivity (Wildman–Crippen MR) is 72.8 cm³/mol. The van der Waals surface area contributed by atoms with Crippen molar-refractivity contribution in [2.45, 2.75) is 0 Å². The highest BCUT2D eigenvalue weighted by Crippen LogP contribution is 2.21. The molecule has 18 heavy (non-hydrogen) atoms. The van der Waals surface area contributed by atoms with Gasteiger partial charge in [0.05, 0.1) is 0 Å². The first-order chi connectivity index (χ1) is 8.93. The fourth-order valence-corrected chi connectivity index (χ4v) is 1.84. The quantitative estimate of drug-likeness (QED) is 0.605. The molecule has 0 amide bonds. The molecule has 3 aromatic rings. The van der Waals surface area contributed by atoms with E-state index in [-0.39, 0.29) is 0 Å². The Hall–Kier alpha value is -2.41. The van der Waals surface area contributed by atoms with Crippen LogP contribution in [0, 0.1) is 12.1 Å². The van der Waals surface area contributed by atoms with Crippen molar-refractivity contribution in [2.24, 2.45) is 0 Å². The smallest absolute Gasteiger partial charge is 0.0227 e. The average molecular weight is 229 g/mol. The Morgan fingerprint density at radius 2 is 1.17 bits per heavy atom. The summed E-state index contributed by atoms with van der Waals surface area (Å²) < 4.78 is 0. The standard InChI is InChI=1S/C17H11N/c1-3-8-14(9-4-1)16-12-7-13-17(18-16)15-10-5-2-6-11-15/h1-8,10,12-13H/q-2. The lowest BCUT2D eigenvalue weighted by Gasteiger charge is -2.14. The van der Waals surface area contributed by atoms with E-state index in [9.17, 15) is 0 Å². The average Bonchev–Trinajstić information content (AvgIpc) is 2.49. The molecule has 1 heterocycles. The minimum Gasteiger partial charge on any atom is -0.345 e. The zero-order valence-corrected chi connectivity index (χ0v) is 9.80. The number of hydrogen-bond acceptors (Lipinski definition) is 1. The Bertz CT molecular complexity index is 575. The number of rotatable bonds is 2. The molecule has 1 nitrogen and oxygen atoms in total. The van der Waals surface area contributed by atoms with Crippen LogP contribution in [0.2, 0.25) is 0 Å². The van der Waals surface area contributed by atoms with E-state index in [4.69, 9.17) is 0 Å². The molecule has 0 radical (unpaired) electrons. The third-order valence-corrected chi connectivity index (χ3v) is 2.72. The van der Waals surface area contributed by atoms with Crippen molar-refractivity contribution >= 4 is 0 Å². The van der Waals surface area contributed by atoms with Crippen LogP contribution in [0.3, 0.4) is 0 Å². The highest BCUT2D eigenvalue weighted by molar-refractivity contribution is 5.65. The van der Waals surface area contributed by atoms with Crippen molar-refractivity contribution < 1.29 is 0 Å². The van der Waals surface area contributed by atoms with Crippen molar-refractivity contribution in [2.75, 3.05) is 0 Å². The van der Waals surface area contributed by atoms with Gasteiger partial charge >= 0.3 is 0 Å². The molecule has 1 heteroatoms. The minimum absolute atomic E-state index is 0.936. The largest absolute Gasteiger partial charge is 0.345 e. The molecule has 86 valence electrons. The zero-order valence-electron chi connectivity index (χ0n) is 9.80. The molecule has 0 unspecified atom stereocenters. The lowest BCUT2D eigenvalue weighted by atomic mass is 10.1. The van der Waals surface area contributed by atoms with E-state index in [1.54, 1.807) is 0 Å². The summed E-state index contributed by atoms with van der Waals surface area (Å²) in [7, 11) is 0. The number of hydrogen-bond donors (Lipinski definition) is 0. The third kappa shape index (κ3) is 2.16. The predicted octanol–water partition coefficient (Wildman–Crippen LogP) is 4.02. The van der Waals surface area contributed by atoms with Gasteiger partial charge in [-0.3, -0.25) is 0 Å². The van der Waals surface area contributed by atoms with Gasteiger partial charge in [0.25, 0.3) is 0 Å². The first-order valence-electron chi connectivity index (χ1n) is 5.85. The van der Waals surface area contributed by atoms with E-state index in [1.807, 2.05) is 66.7 Å². The summed E-state index contributed by atoms with van der Waals surface area (Å²) in [5.41, 5.74) is 3.89. The first-order valence-corrected chi connectivity index (χ1v) is 5.85. The van der Waals surface area contributed by atoms with Crippen LogP contribution in [0.1, 0.15) is 0 Å². The van der Waals surface area contributed by atoms with Crippen LogP contribution >= 0.6 is 0 Å². The molecule has 0 saturated heterocycles. The fourth-order valence-electron chi connectivity index (χ4n) is 1.84. The van der Waals surface area contributed by atoms with Gasteiger partial charge in [0.1, 0.15) is 0 Å². The van der Waals surface area contributed by atoms with Crippen LogP contribution in [-0.4, -0.2) is 4.98 Å². The second-order valence-corrected chi connectivity index (χ2v) is 3.96. The van der Waals surface area contributed by atoms with Gasteiger partial charge in [-0.25, -0.2) is 0 Å². The Morgan fingerprint density at radius 3 is 1.61 bits per heavy atom. The van der Waals surface area contributed by atoms with Gasteiger partial charge < -0.3 is 4.98 Å². The summed E-state index contributed by atoms with van der Waals surface area (Å²) in [5.74, 6) is 0. The summed E-state index contributed by atoms with van der Waals surface area (Å²) in [6.45, 7) is 0. The van der Waals surface area contributed by atoms with Crippen LogP contribution in [0.15, 0.2) is 66.7 Å². The van der Waals surface area contributed by atoms with Crippen molar-refractivity contribution in [1.29, 1.82) is 0 Å². The lowest BCUT2D eigenvalue weighted by Crippen LogP contribution is -1.87. The molecule has 3 rings (SSSR count). The van der Waals surface area contributed by atoms with Gasteiger partial charge in [0.2, 0.25) is 0 Å². The van der Waals surface area contributed by atoms with Gasteiger partial charge in [-0.2, -0.15) is 0 Å². The molecule has 0 bridgehead atoms. The Labute approximate surface area is 107 Å². The van der Waals surface area contributed by atoms with E-state index >= 15 is 0 Å². The molecule has 0 atom stereocenters.